The third-order valence-corrected chi connectivity index (χ3v) is 3.53. The Bertz CT molecular complexity index is 272. The van der Waals surface area contributed by atoms with Crippen molar-refractivity contribution in [1.29, 1.82) is 0 Å². The lowest BCUT2D eigenvalue weighted by atomic mass is 10.1. The van der Waals surface area contributed by atoms with Crippen molar-refractivity contribution in [1.82, 2.24) is 5.32 Å². The van der Waals surface area contributed by atoms with Gasteiger partial charge in [0.15, 0.2) is 0 Å². The summed E-state index contributed by atoms with van der Waals surface area (Å²) in [4.78, 5) is 11.2. The molecule has 19 heavy (non-hydrogen) atoms. The van der Waals surface area contributed by atoms with E-state index >= 15 is 0 Å². The second-order valence-corrected chi connectivity index (χ2v) is 5.61. The van der Waals surface area contributed by atoms with Gasteiger partial charge in [0.2, 0.25) is 5.91 Å². The van der Waals surface area contributed by atoms with E-state index in [2.05, 4.69) is 11.9 Å². The summed E-state index contributed by atoms with van der Waals surface area (Å²) in [5.41, 5.74) is 0.594. The Morgan fingerprint density at radius 2 is 1.63 bits per heavy atom. The summed E-state index contributed by atoms with van der Waals surface area (Å²) in [5, 5.41) is 2.87. The van der Waals surface area contributed by atoms with Crippen molar-refractivity contribution in [2.75, 3.05) is 13.2 Å². The molecule has 1 unspecified atom stereocenters. The number of ether oxygens (including phenoxy) is 1. The predicted octanol–water partition coefficient (Wildman–Crippen LogP) is 3.59. The van der Waals surface area contributed by atoms with Crippen molar-refractivity contribution in [3.8, 4) is 0 Å². The van der Waals surface area contributed by atoms with Crippen LogP contribution in [0, 0.1) is 0 Å². The summed E-state index contributed by atoms with van der Waals surface area (Å²) >= 11 is 0. The first-order chi connectivity index (χ1) is 9.20. The molecule has 0 spiro atoms. The fraction of sp³-hybridized carbons (Fsp3) is 0.812. The number of nitrogens with one attached hydrogen (secondary N) is 1. The largest absolute Gasteiger partial charge is 0.373 e. The Balaban J connectivity index is 1.71. The molecule has 0 saturated carbocycles. The first-order valence-corrected chi connectivity index (χ1v) is 7.75. The van der Waals surface area contributed by atoms with Gasteiger partial charge >= 0.3 is 0 Å². The van der Waals surface area contributed by atoms with E-state index in [0.29, 0.717) is 11.7 Å². The van der Waals surface area contributed by atoms with Gasteiger partial charge in [0.25, 0.3) is 0 Å². The molecule has 3 heteroatoms. The Labute approximate surface area is 117 Å². The fourth-order valence-corrected chi connectivity index (χ4v) is 2.15. The van der Waals surface area contributed by atoms with Gasteiger partial charge in [-0.05, 0) is 19.8 Å². The molecule has 0 aromatic carbocycles. The van der Waals surface area contributed by atoms with Crippen LogP contribution in [0.1, 0.15) is 64.7 Å². The minimum atomic E-state index is -0.0142. The summed E-state index contributed by atoms with van der Waals surface area (Å²) in [7, 11) is 0. The summed E-state index contributed by atoms with van der Waals surface area (Å²) < 4.78 is 5.19. The maximum absolute atomic E-state index is 11.2. The minimum absolute atomic E-state index is 0.0142. The zero-order valence-electron chi connectivity index (χ0n) is 12.4. The van der Waals surface area contributed by atoms with Gasteiger partial charge in [-0.3, -0.25) is 4.79 Å². The van der Waals surface area contributed by atoms with E-state index in [4.69, 9.17) is 4.74 Å². The van der Waals surface area contributed by atoms with E-state index in [0.717, 1.165) is 19.6 Å². The summed E-state index contributed by atoms with van der Waals surface area (Å²) in [6.45, 7) is 7.14. The van der Waals surface area contributed by atoms with Crippen molar-refractivity contribution in [3.63, 3.8) is 0 Å². The summed E-state index contributed by atoms with van der Waals surface area (Å²) in [5.74, 6) is -0.0142. The highest BCUT2D eigenvalue weighted by molar-refractivity contribution is 5.91. The van der Waals surface area contributed by atoms with Gasteiger partial charge in [-0.25, -0.2) is 0 Å². The molecule has 0 aromatic rings. The Kier molecular flexibility index (Phi) is 8.55. The molecule has 1 aliphatic rings. The van der Waals surface area contributed by atoms with E-state index in [-0.39, 0.29) is 5.91 Å². The molecule has 1 rings (SSSR count). The maximum Gasteiger partial charge on any atom is 0.246 e. The van der Waals surface area contributed by atoms with E-state index in [9.17, 15) is 4.79 Å². The molecule has 1 aliphatic heterocycles. The molecule has 1 heterocycles. The highest BCUT2D eigenvalue weighted by Crippen LogP contribution is 2.18. The third-order valence-electron chi connectivity index (χ3n) is 3.53. The second kappa shape index (κ2) is 10.0. The zero-order chi connectivity index (χ0) is 13.9. The second-order valence-electron chi connectivity index (χ2n) is 5.61. The van der Waals surface area contributed by atoms with E-state index in [1.165, 1.54) is 51.4 Å². The quantitative estimate of drug-likeness (QED) is 0.333. The molecule has 1 N–H and O–H groups in total. The molecule has 1 saturated heterocycles. The summed E-state index contributed by atoms with van der Waals surface area (Å²) in [6.07, 6.45) is 12.2. The summed E-state index contributed by atoms with van der Waals surface area (Å²) in [6, 6.07) is 0. The van der Waals surface area contributed by atoms with Crippen LogP contribution in [-0.4, -0.2) is 25.2 Å². The van der Waals surface area contributed by atoms with Gasteiger partial charge in [-0.2, -0.15) is 0 Å². The molecule has 110 valence electrons. The molecule has 1 fully saturated rings. The number of carbonyl (C=O) groups excluding carboxylic acids is 1. The lowest BCUT2D eigenvalue weighted by Crippen LogP contribution is -2.24. The fourth-order valence-electron chi connectivity index (χ4n) is 2.15. The monoisotopic (exact) mass is 267 g/mol. The first-order valence-electron chi connectivity index (χ1n) is 7.75. The van der Waals surface area contributed by atoms with Crippen LogP contribution in [0.3, 0.4) is 0 Å². The highest BCUT2D eigenvalue weighted by Gasteiger charge is 2.20. The Morgan fingerprint density at radius 1 is 1.11 bits per heavy atom. The van der Waals surface area contributed by atoms with Crippen LogP contribution in [0.2, 0.25) is 0 Å². The molecule has 0 radical (unpaired) electrons. The van der Waals surface area contributed by atoms with Crippen LogP contribution in [0.15, 0.2) is 12.2 Å². The standard InChI is InChI=1S/C16H29NO2/c1-14(2)16(18)17-12-10-8-6-4-3-5-7-9-11-15-13-19-15/h15H,1,3-13H2,2H3,(H,17,18). The average Bonchev–Trinajstić information content (AvgIpc) is 3.19. The van der Waals surface area contributed by atoms with Crippen molar-refractivity contribution >= 4 is 5.91 Å². The Hall–Kier alpha value is -0.830. The van der Waals surface area contributed by atoms with Gasteiger partial charge in [0.05, 0.1) is 12.7 Å². The van der Waals surface area contributed by atoms with Crippen LogP contribution in [-0.2, 0) is 9.53 Å². The molecule has 0 bridgehead atoms. The first kappa shape index (κ1) is 16.2. The maximum atomic E-state index is 11.2. The molecule has 0 aliphatic carbocycles. The number of hydrogen-bond donors (Lipinski definition) is 1. The number of carbonyl (C=O) groups is 1. The molecule has 1 amide bonds. The highest BCUT2D eigenvalue weighted by atomic mass is 16.6. The van der Waals surface area contributed by atoms with Gasteiger partial charge in [0.1, 0.15) is 0 Å². The number of hydrogen-bond acceptors (Lipinski definition) is 2. The topological polar surface area (TPSA) is 41.6 Å². The van der Waals surface area contributed by atoms with Crippen molar-refractivity contribution in [2.24, 2.45) is 0 Å². The zero-order valence-corrected chi connectivity index (χ0v) is 12.4. The SMILES string of the molecule is C=C(C)C(=O)NCCCCCCCCCCC1CO1. The van der Waals surface area contributed by atoms with E-state index < -0.39 is 0 Å². The minimum Gasteiger partial charge on any atom is -0.373 e. The third kappa shape index (κ3) is 9.71. The molecule has 3 nitrogen and oxygen atoms in total. The van der Waals surface area contributed by atoms with Crippen LogP contribution in [0.4, 0.5) is 0 Å². The van der Waals surface area contributed by atoms with Crippen LogP contribution >= 0.6 is 0 Å². The molecule has 0 aromatic heterocycles. The number of amides is 1. The normalized spacial score (nSPS) is 17.2. The van der Waals surface area contributed by atoms with Crippen molar-refractivity contribution < 1.29 is 9.53 Å². The van der Waals surface area contributed by atoms with Crippen molar-refractivity contribution in [3.05, 3.63) is 12.2 Å². The Morgan fingerprint density at radius 3 is 2.16 bits per heavy atom. The number of rotatable bonds is 12. The lowest BCUT2D eigenvalue weighted by Gasteiger charge is -2.04. The van der Waals surface area contributed by atoms with Crippen LogP contribution in [0.5, 0.6) is 0 Å². The lowest BCUT2D eigenvalue weighted by molar-refractivity contribution is -0.117. The smallest absolute Gasteiger partial charge is 0.246 e. The average molecular weight is 267 g/mol. The van der Waals surface area contributed by atoms with E-state index in [1.54, 1.807) is 6.92 Å². The van der Waals surface area contributed by atoms with Crippen LogP contribution in [0.25, 0.3) is 0 Å². The molecular weight excluding hydrogens is 238 g/mol. The number of epoxide rings is 1. The van der Waals surface area contributed by atoms with Crippen molar-refractivity contribution in [2.45, 2.75) is 70.8 Å². The van der Waals surface area contributed by atoms with Crippen LogP contribution < -0.4 is 5.32 Å². The van der Waals surface area contributed by atoms with Gasteiger partial charge in [0, 0.05) is 12.1 Å². The van der Waals surface area contributed by atoms with E-state index in [1.807, 2.05) is 0 Å². The molecule has 1 atom stereocenters. The van der Waals surface area contributed by atoms with Gasteiger partial charge in [-0.15, -0.1) is 0 Å². The molecular formula is C16H29NO2. The predicted molar refractivity (Wildman–Crippen MR) is 79.1 cm³/mol. The van der Waals surface area contributed by atoms with Gasteiger partial charge < -0.3 is 10.1 Å². The van der Waals surface area contributed by atoms with Gasteiger partial charge in [-0.1, -0.05) is 51.5 Å². The number of unbranched alkanes of at least 4 members (excludes halogenated alkanes) is 7.